The Balaban J connectivity index is 1.72. The van der Waals surface area contributed by atoms with Crippen LogP contribution in [0.3, 0.4) is 0 Å². The molecule has 3 amide bonds. The van der Waals surface area contributed by atoms with E-state index in [-0.39, 0.29) is 30.7 Å². The zero-order valence-corrected chi connectivity index (χ0v) is 17.6. The summed E-state index contributed by atoms with van der Waals surface area (Å²) in [4.78, 5) is 26.2. The summed E-state index contributed by atoms with van der Waals surface area (Å²) in [5.74, 6) is -0.147. The molecule has 0 bridgehead atoms. The van der Waals surface area contributed by atoms with Gasteiger partial charge in [-0.2, -0.15) is 0 Å². The van der Waals surface area contributed by atoms with Gasteiger partial charge in [0, 0.05) is 17.8 Å². The van der Waals surface area contributed by atoms with E-state index < -0.39 is 12.1 Å². The minimum absolute atomic E-state index is 0.0397. The SMILES string of the molecule is CC(C)(C)NC(=O)Nc1ccc(C2OCC(=O)N(Cc3ccccc3)C2CO)cc1. The molecule has 0 aliphatic carbocycles. The molecule has 1 aliphatic heterocycles. The quantitative estimate of drug-likeness (QED) is 0.705. The number of carbonyl (C=O) groups is 2. The lowest BCUT2D eigenvalue weighted by atomic mass is 9.98. The highest BCUT2D eigenvalue weighted by Crippen LogP contribution is 2.30. The Bertz CT molecular complexity index is 862. The first-order chi connectivity index (χ1) is 14.3. The van der Waals surface area contributed by atoms with Crippen molar-refractivity contribution in [3.8, 4) is 0 Å². The summed E-state index contributed by atoms with van der Waals surface area (Å²) >= 11 is 0. The molecule has 3 rings (SSSR count). The first kappa shape index (κ1) is 21.8. The minimum atomic E-state index is -0.491. The third-order valence-corrected chi connectivity index (χ3v) is 4.82. The van der Waals surface area contributed by atoms with Crippen molar-refractivity contribution in [2.45, 2.75) is 45.0 Å². The van der Waals surface area contributed by atoms with Gasteiger partial charge in [0.2, 0.25) is 5.91 Å². The summed E-state index contributed by atoms with van der Waals surface area (Å²) in [5.41, 5.74) is 2.15. The molecular weight excluding hydrogens is 382 g/mol. The van der Waals surface area contributed by atoms with Crippen LogP contribution in [-0.4, -0.2) is 46.7 Å². The summed E-state index contributed by atoms with van der Waals surface area (Å²) in [6.07, 6.45) is -0.450. The molecular formula is C23H29N3O4. The summed E-state index contributed by atoms with van der Waals surface area (Å²) < 4.78 is 5.78. The van der Waals surface area contributed by atoms with Gasteiger partial charge in [-0.05, 0) is 44.0 Å². The van der Waals surface area contributed by atoms with Gasteiger partial charge in [0.25, 0.3) is 0 Å². The number of benzene rings is 2. The number of carbonyl (C=O) groups excluding carboxylic acids is 2. The van der Waals surface area contributed by atoms with Crippen LogP contribution in [0.5, 0.6) is 0 Å². The summed E-state index contributed by atoms with van der Waals surface area (Å²) in [6, 6.07) is 16.2. The molecule has 30 heavy (non-hydrogen) atoms. The normalized spacial score (nSPS) is 19.5. The maximum absolute atomic E-state index is 12.5. The Hall–Kier alpha value is -2.90. The smallest absolute Gasteiger partial charge is 0.319 e. The second kappa shape index (κ2) is 9.28. The molecule has 2 aromatic rings. The van der Waals surface area contributed by atoms with Crippen molar-refractivity contribution in [1.82, 2.24) is 10.2 Å². The molecule has 3 N–H and O–H groups in total. The van der Waals surface area contributed by atoms with Gasteiger partial charge < -0.3 is 25.4 Å². The van der Waals surface area contributed by atoms with Crippen molar-refractivity contribution < 1.29 is 19.4 Å². The van der Waals surface area contributed by atoms with E-state index in [1.54, 1.807) is 17.0 Å². The van der Waals surface area contributed by atoms with Crippen LogP contribution >= 0.6 is 0 Å². The first-order valence-corrected chi connectivity index (χ1v) is 10.0. The van der Waals surface area contributed by atoms with Gasteiger partial charge in [-0.15, -0.1) is 0 Å². The van der Waals surface area contributed by atoms with E-state index in [4.69, 9.17) is 4.74 Å². The molecule has 0 radical (unpaired) electrons. The molecule has 2 unspecified atom stereocenters. The van der Waals surface area contributed by atoms with Crippen molar-refractivity contribution in [3.63, 3.8) is 0 Å². The molecule has 1 aliphatic rings. The van der Waals surface area contributed by atoms with E-state index in [0.29, 0.717) is 12.2 Å². The van der Waals surface area contributed by atoms with E-state index in [2.05, 4.69) is 10.6 Å². The number of urea groups is 1. The highest BCUT2D eigenvalue weighted by Gasteiger charge is 2.37. The van der Waals surface area contributed by atoms with Crippen LogP contribution in [0.2, 0.25) is 0 Å². The lowest BCUT2D eigenvalue weighted by Crippen LogP contribution is -2.52. The zero-order valence-electron chi connectivity index (χ0n) is 17.6. The molecule has 0 aromatic heterocycles. The highest BCUT2D eigenvalue weighted by atomic mass is 16.5. The van der Waals surface area contributed by atoms with E-state index in [9.17, 15) is 14.7 Å². The number of nitrogens with zero attached hydrogens (tertiary/aromatic N) is 1. The number of rotatable bonds is 5. The van der Waals surface area contributed by atoms with Gasteiger partial charge in [0.1, 0.15) is 12.7 Å². The minimum Gasteiger partial charge on any atom is -0.394 e. The monoisotopic (exact) mass is 411 g/mol. The Morgan fingerprint density at radius 2 is 1.80 bits per heavy atom. The van der Waals surface area contributed by atoms with Crippen LogP contribution in [-0.2, 0) is 16.1 Å². The number of morpholine rings is 1. The van der Waals surface area contributed by atoms with Gasteiger partial charge in [-0.3, -0.25) is 4.79 Å². The maximum atomic E-state index is 12.5. The fraction of sp³-hybridized carbons (Fsp3) is 0.391. The van der Waals surface area contributed by atoms with Crippen LogP contribution in [0, 0.1) is 0 Å². The van der Waals surface area contributed by atoms with Crippen molar-refractivity contribution in [2.75, 3.05) is 18.5 Å². The number of hydrogen-bond donors (Lipinski definition) is 3. The predicted molar refractivity (Wildman–Crippen MR) is 115 cm³/mol. The predicted octanol–water partition coefficient (Wildman–Crippen LogP) is 3.07. The van der Waals surface area contributed by atoms with Gasteiger partial charge >= 0.3 is 6.03 Å². The van der Waals surface area contributed by atoms with E-state index in [1.807, 2.05) is 63.2 Å². The number of aliphatic hydroxyl groups excluding tert-OH is 1. The Morgan fingerprint density at radius 1 is 1.13 bits per heavy atom. The first-order valence-electron chi connectivity index (χ1n) is 10.0. The van der Waals surface area contributed by atoms with E-state index >= 15 is 0 Å². The topological polar surface area (TPSA) is 90.9 Å². The van der Waals surface area contributed by atoms with Gasteiger partial charge in [-0.25, -0.2) is 4.79 Å². The fourth-order valence-electron chi connectivity index (χ4n) is 3.46. The molecule has 2 aromatic carbocycles. The average Bonchev–Trinajstić information content (AvgIpc) is 2.69. The van der Waals surface area contributed by atoms with Crippen molar-refractivity contribution in [3.05, 3.63) is 65.7 Å². The van der Waals surface area contributed by atoms with Crippen LogP contribution < -0.4 is 10.6 Å². The molecule has 1 fully saturated rings. The van der Waals surface area contributed by atoms with Gasteiger partial charge in [0.05, 0.1) is 12.6 Å². The summed E-state index contributed by atoms with van der Waals surface area (Å²) in [7, 11) is 0. The second-order valence-corrected chi connectivity index (χ2v) is 8.44. The largest absolute Gasteiger partial charge is 0.394 e. The number of amides is 3. The standard InChI is InChI=1S/C23H29N3O4/c1-23(2,3)25-22(29)24-18-11-9-17(10-12-18)21-19(14-27)26(20(28)15-30-21)13-16-7-5-4-6-8-16/h4-12,19,21,27H,13-15H2,1-3H3,(H2,24,25,29). The zero-order chi connectivity index (χ0) is 21.7. The summed E-state index contributed by atoms with van der Waals surface area (Å²) in [5, 5.41) is 15.7. The molecule has 1 saturated heterocycles. The molecule has 0 saturated carbocycles. The number of nitrogens with one attached hydrogen (secondary N) is 2. The molecule has 1 heterocycles. The molecule has 7 nitrogen and oxygen atoms in total. The van der Waals surface area contributed by atoms with Gasteiger partial charge in [-0.1, -0.05) is 42.5 Å². The Labute approximate surface area is 177 Å². The van der Waals surface area contributed by atoms with Crippen LogP contribution in [0.25, 0.3) is 0 Å². The lowest BCUT2D eigenvalue weighted by Gasteiger charge is -2.40. The third kappa shape index (κ3) is 5.58. The van der Waals surface area contributed by atoms with Crippen LogP contribution in [0.1, 0.15) is 38.0 Å². The van der Waals surface area contributed by atoms with Crippen LogP contribution in [0.4, 0.5) is 10.5 Å². The third-order valence-electron chi connectivity index (χ3n) is 4.82. The van der Waals surface area contributed by atoms with Crippen LogP contribution in [0.15, 0.2) is 54.6 Å². The fourth-order valence-corrected chi connectivity index (χ4v) is 3.46. The van der Waals surface area contributed by atoms with Crippen molar-refractivity contribution >= 4 is 17.6 Å². The van der Waals surface area contributed by atoms with Crippen molar-refractivity contribution in [1.29, 1.82) is 0 Å². The van der Waals surface area contributed by atoms with Crippen molar-refractivity contribution in [2.24, 2.45) is 0 Å². The van der Waals surface area contributed by atoms with E-state index in [1.165, 1.54) is 0 Å². The molecule has 0 spiro atoms. The number of hydrogen-bond acceptors (Lipinski definition) is 4. The number of aliphatic hydroxyl groups is 1. The number of anilines is 1. The molecule has 160 valence electrons. The summed E-state index contributed by atoms with van der Waals surface area (Å²) in [6.45, 7) is 5.89. The maximum Gasteiger partial charge on any atom is 0.319 e. The lowest BCUT2D eigenvalue weighted by molar-refractivity contribution is -0.162. The average molecular weight is 412 g/mol. The molecule has 2 atom stereocenters. The number of ether oxygens (including phenoxy) is 1. The Kier molecular flexibility index (Phi) is 6.74. The molecule has 7 heteroatoms. The Morgan fingerprint density at radius 3 is 2.40 bits per heavy atom. The second-order valence-electron chi connectivity index (χ2n) is 8.44. The highest BCUT2D eigenvalue weighted by molar-refractivity contribution is 5.89. The van der Waals surface area contributed by atoms with Gasteiger partial charge in [0.15, 0.2) is 0 Å². The van der Waals surface area contributed by atoms with E-state index in [0.717, 1.165) is 11.1 Å².